The highest BCUT2D eigenvalue weighted by atomic mass is 16.7. The van der Waals surface area contributed by atoms with Crippen LogP contribution in [0.3, 0.4) is 0 Å². The Morgan fingerprint density at radius 1 is 1.07 bits per heavy atom. The van der Waals surface area contributed by atoms with E-state index in [0.29, 0.717) is 29.9 Å². The van der Waals surface area contributed by atoms with E-state index < -0.39 is 28.8 Å². The molecule has 15 nitrogen and oxygen atoms in total. The molecule has 0 saturated heterocycles. The van der Waals surface area contributed by atoms with Crippen LogP contribution < -0.4 is 4.74 Å². The summed E-state index contributed by atoms with van der Waals surface area (Å²) in [6.45, 7) is 5.94. The Bertz CT molecular complexity index is 1680. The number of oxime groups is 1. The van der Waals surface area contributed by atoms with Crippen LogP contribution in [0.15, 0.2) is 71.9 Å². The predicted molar refractivity (Wildman–Crippen MR) is 206 cm³/mol. The molecule has 1 heterocycles. The smallest absolute Gasteiger partial charge is 0.410 e. The number of amides is 1. The summed E-state index contributed by atoms with van der Waals surface area (Å²) in [4.78, 5) is 32.3. The normalized spacial score (nSPS) is 24.3. The van der Waals surface area contributed by atoms with Crippen molar-refractivity contribution >= 4 is 17.5 Å². The van der Waals surface area contributed by atoms with Gasteiger partial charge in [0.15, 0.2) is 0 Å². The van der Waals surface area contributed by atoms with E-state index in [1.54, 1.807) is 43.3 Å². The molecule has 306 valence electrons. The van der Waals surface area contributed by atoms with Crippen LogP contribution in [0.4, 0.5) is 10.5 Å². The summed E-state index contributed by atoms with van der Waals surface area (Å²) in [6.07, 6.45) is 7.51. The monoisotopic (exact) mass is 781 g/mol. The number of nitro groups is 1. The van der Waals surface area contributed by atoms with Gasteiger partial charge in [-0.3, -0.25) is 15.0 Å². The molecule has 6 atom stereocenters. The molecule has 0 bridgehead atoms. The number of ether oxygens (including phenoxy) is 4. The van der Waals surface area contributed by atoms with Crippen molar-refractivity contribution in [1.82, 2.24) is 4.90 Å². The molecule has 4 N–H and O–H groups in total. The van der Waals surface area contributed by atoms with Crippen LogP contribution in [-0.4, -0.2) is 107 Å². The molecule has 6 unspecified atom stereocenters. The van der Waals surface area contributed by atoms with Gasteiger partial charge in [0.05, 0.1) is 49.6 Å². The fourth-order valence-electron chi connectivity index (χ4n) is 8.47. The number of carbonyl (C=O) groups is 1. The minimum atomic E-state index is -1.53. The molecule has 15 heteroatoms. The van der Waals surface area contributed by atoms with Gasteiger partial charge < -0.3 is 44.2 Å². The highest BCUT2D eigenvalue weighted by molar-refractivity contribution is 6.03. The fourth-order valence-corrected chi connectivity index (χ4v) is 8.47. The number of fused-ring (bicyclic) bond motifs is 2. The molecule has 2 aliphatic carbocycles. The van der Waals surface area contributed by atoms with Crippen LogP contribution in [-0.2, 0) is 25.7 Å². The Balaban J connectivity index is 1.72. The second-order valence-corrected chi connectivity index (χ2v) is 14.2. The lowest BCUT2D eigenvalue weighted by atomic mass is 9.55. The van der Waals surface area contributed by atoms with E-state index in [4.69, 9.17) is 28.9 Å². The van der Waals surface area contributed by atoms with Crippen molar-refractivity contribution < 1.29 is 53.9 Å². The molecule has 2 aromatic rings. The van der Waals surface area contributed by atoms with E-state index in [0.717, 1.165) is 36.8 Å². The molecule has 2 aromatic carbocycles. The molecular weight excluding hydrogens is 726 g/mol. The minimum Gasteiger partial charge on any atom is -0.508 e. The van der Waals surface area contributed by atoms with Gasteiger partial charge in [-0.2, -0.15) is 0 Å². The maximum atomic E-state index is 14.0. The lowest BCUT2D eigenvalue weighted by Crippen LogP contribution is -2.70. The molecule has 5 rings (SSSR count). The number of aromatic hydroxyl groups is 1. The first kappa shape index (κ1) is 42.6. The van der Waals surface area contributed by atoms with Crippen LogP contribution >= 0.6 is 0 Å². The predicted octanol–water partition coefficient (Wildman–Crippen LogP) is 5.60. The fraction of sp³-hybridized carbons (Fsp3) is 0.561. The Labute approximate surface area is 327 Å². The van der Waals surface area contributed by atoms with Gasteiger partial charge in [-0.25, -0.2) is 4.79 Å². The average molecular weight is 782 g/mol. The highest BCUT2D eigenvalue weighted by Gasteiger charge is 2.65. The first-order chi connectivity index (χ1) is 27.2. The lowest BCUT2D eigenvalue weighted by Gasteiger charge is -2.59. The van der Waals surface area contributed by atoms with Gasteiger partial charge in [0.25, 0.3) is 5.69 Å². The summed E-state index contributed by atoms with van der Waals surface area (Å²) in [5, 5.41) is 55.8. The van der Waals surface area contributed by atoms with Crippen LogP contribution in [0, 0.1) is 27.9 Å². The maximum absolute atomic E-state index is 14.0. The number of allylic oxidation sites excluding steroid dienone is 1. The number of rotatable bonds is 22. The Kier molecular flexibility index (Phi) is 15.7. The van der Waals surface area contributed by atoms with E-state index in [1.165, 1.54) is 17.0 Å². The second kappa shape index (κ2) is 20.6. The Morgan fingerprint density at radius 3 is 2.50 bits per heavy atom. The van der Waals surface area contributed by atoms with Crippen molar-refractivity contribution in [2.45, 2.75) is 76.2 Å². The van der Waals surface area contributed by atoms with Crippen molar-refractivity contribution in [2.24, 2.45) is 22.9 Å². The molecule has 1 amide bonds. The number of hydrogen-bond acceptors (Lipinski definition) is 13. The van der Waals surface area contributed by atoms with Crippen LogP contribution in [0.25, 0.3) is 0 Å². The SMILES string of the molecule is C=CCOC12Oc3ccc(O)cc3C3C(CCCCO)C(CCCCO)C=C(C(=NOCc4ccc([N+](=O)[O-])cc4)CC1N(CCOCCO)C(=O)OCC)C32. The number of phenolic OH excluding ortho intramolecular Hbond substituents is 1. The van der Waals surface area contributed by atoms with E-state index in [-0.39, 0.29) is 95.0 Å². The highest BCUT2D eigenvalue weighted by Crippen LogP contribution is 2.61. The number of carbonyl (C=O) groups excluding carboxylic acids is 1. The number of benzene rings is 2. The number of unbranched alkanes of at least 4 members (excludes halogenated alkanes) is 2. The number of aliphatic hydroxyl groups is 3. The molecule has 0 aromatic heterocycles. The average Bonchev–Trinajstić information content (AvgIpc) is 3.19. The number of nitrogens with zero attached hydrogens (tertiary/aromatic N) is 3. The van der Waals surface area contributed by atoms with Gasteiger partial charge in [0.2, 0.25) is 5.79 Å². The topological polar surface area (TPSA) is 203 Å². The molecule has 1 aliphatic heterocycles. The van der Waals surface area contributed by atoms with Gasteiger partial charge in [-0.1, -0.05) is 30.1 Å². The van der Waals surface area contributed by atoms with Crippen molar-refractivity contribution in [3.8, 4) is 11.5 Å². The third kappa shape index (κ3) is 9.69. The number of non-ortho nitro benzene ring substituents is 1. The summed E-state index contributed by atoms with van der Waals surface area (Å²) in [5.74, 6) is -1.93. The standard InChI is InChI=1S/C41H55N3O12/c1-3-21-54-41-37(43(40(49)53-4-2)17-22-52-23-20-47)26-35(42-55-27-28-11-13-30(14-12-28)44(50)51)33-24-29(9-5-7-18-45)32(10-6-8-19-46)38(39(33)41)34-25-31(48)15-16-36(34)56-41/h3,11-16,24-25,29,32,37-39,45-48H,1,4-10,17-23,26-27H2,2H3. The molecule has 56 heavy (non-hydrogen) atoms. The quantitative estimate of drug-likeness (QED) is 0.0499. The van der Waals surface area contributed by atoms with Gasteiger partial charge >= 0.3 is 6.09 Å². The van der Waals surface area contributed by atoms with Gasteiger partial charge in [0, 0.05) is 49.8 Å². The third-order valence-corrected chi connectivity index (χ3v) is 10.8. The minimum absolute atomic E-state index is 0.00800. The summed E-state index contributed by atoms with van der Waals surface area (Å²) in [5.41, 5.74) is 2.75. The van der Waals surface area contributed by atoms with Crippen molar-refractivity contribution in [3.05, 3.63) is 88.0 Å². The van der Waals surface area contributed by atoms with E-state index in [1.807, 2.05) is 0 Å². The van der Waals surface area contributed by atoms with Crippen LogP contribution in [0.5, 0.6) is 11.5 Å². The largest absolute Gasteiger partial charge is 0.508 e. The number of aliphatic hydroxyl groups excluding tert-OH is 3. The Hall–Kier alpha value is -4.54. The van der Waals surface area contributed by atoms with E-state index >= 15 is 0 Å². The van der Waals surface area contributed by atoms with Gasteiger partial charge in [0.1, 0.15) is 24.1 Å². The van der Waals surface area contributed by atoms with Crippen LogP contribution in [0.2, 0.25) is 0 Å². The maximum Gasteiger partial charge on any atom is 0.410 e. The van der Waals surface area contributed by atoms with Crippen LogP contribution in [0.1, 0.15) is 68.9 Å². The molecular formula is C41H55N3O12. The molecule has 3 aliphatic rings. The lowest BCUT2D eigenvalue weighted by molar-refractivity contribution is -0.384. The zero-order valence-electron chi connectivity index (χ0n) is 32.0. The van der Waals surface area contributed by atoms with E-state index in [9.17, 15) is 35.3 Å². The molecule has 0 radical (unpaired) electrons. The van der Waals surface area contributed by atoms with Gasteiger partial charge in [-0.05, 0) is 85.9 Å². The number of nitro benzene ring substituents is 1. The van der Waals surface area contributed by atoms with E-state index in [2.05, 4.69) is 12.7 Å². The zero-order valence-corrected chi connectivity index (χ0v) is 32.0. The molecule has 0 spiro atoms. The zero-order chi connectivity index (χ0) is 40.1. The molecule has 1 saturated carbocycles. The second-order valence-electron chi connectivity index (χ2n) is 14.2. The summed E-state index contributed by atoms with van der Waals surface area (Å²) >= 11 is 0. The summed E-state index contributed by atoms with van der Waals surface area (Å²) in [6, 6.07) is 10.1. The third-order valence-electron chi connectivity index (χ3n) is 10.8. The first-order valence-electron chi connectivity index (χ1n) is 19.5. The van der Waals surface area contributed by atoms with Crippen molar-refractivity contribution in [3.63, 3.8) is 0 Å². The molecule has 1 fully saturated rings. The summed E-state index contributed by atoms with van der Waals surface area (Å²) in [7, 11) is 0. The summed E-state index contributed by atoms with van der Waals surface area (Å²) < 4.78 is 25.2. The number of phenols is 1. The van der Waals surface area contributed by atoms with Crippen molar-refractivity contribution in [1.29, 1.82) is 0 Å². The first-order valence-corrected chi connectivity index (χ1v) is 19.5. The number of hydrogen-bond donors (Lipinski definition) is 4. The van der Waals surface area contributed by atoms with Crippen molar-refractivity contribution in [2.75, 3.05) is 52.8 Å². The van der Waals surface area contributed by atoms with Gasteiger partial charge in [-0.15, -0.1) is 6.58 Å². The Morgan fingerprint density at radius 2 is 1.82 bits per heavy atom.